The van der Waals surface area contributed by atoms with Gasteiger partial charge < -0.3 is 10.6 Å². The first-order valence-electron chi connectivity index (χ1n) is 3.89. The molecule has 0 amide bonds. The Morgan fingerprint density at radius 2 is 2.58 bits per heavy atom. The van der Waals surface area contributed by atoms with E-state index in [1.165, 1.54) is 0 Å². The first-order chi connectivity index (χ1) is 5.86. The van der Waals surface area contributed by atoms with Crippen LogP contribution in [0.1, 0.15) is 0 Å². The largest absolute Gasteiger partial charge is 0.354 e. The fourth-order valence-corrected chi connectivity index (χ4v) is 1.10. The number of aryl methyl sites for hydroxylation is 1. The second kappa shape index (κ2) is 2.84. The second-order valence-corrected chi connectivity index (χ2v) is 2.62. The third kappa shape index (κ3) is 1.25. The summed E-state index contributed by atoms with van der Waals surface area (Å²) in [6.45, 7) is 1.76. The summed E-state index contributed by atoms with van der Waals surface area (Å²) in [4.78, 5) is 4.20. The van der Waals surface area contributed by atoms with Gasteiger partial charge >= 0.3 is 0 Å². The Hall–Kier alpha value is -1.52. The average Bonchev–Trinajstić information content (AvgIpc) is 2.65. The van der Waals surface area contributed by atoms with Crippen LogP contribution >= 0.6 is 0 Å². The van der Waals surface area contributed by atoms with Crippen LogP contribution in [0.5, 0.6) is 0 Å². The number of nitrogens with zero attached hydrogens (tertiary/aromatic N) is 3. The minimum absolute atomic E-state index is 0.832. The van der Waals surface area contributed by atoms with Crippen molar-refractivity contribution in [1.82, 2.24) is 15.1 Å². The van der Waals surface area contributed by atoms with Crippen molar-refractivity contribution in [2.45, 2.75) is 0 Å². The van der Waals surface area contributed by atoms with Crippen LogP contribution in [0.3, 0.4) is 0 Å². The van der Waals surface area contributed by atoms with Crippen LogP contribution in [0.15, 0.2) is 17.3 Å². The van der Waals surface area contributed by atoms with E-state index in [1.807, 2.05) is 13.1 Å². The van der Waals surface area contributed by atoms with Crippen LogP contribution in [-0.2, 0) is 7.05 Å². The first kappa shape index (κ1) is 7.15. The normalized spacial score (nSPS) is 15.6. The fraction of sp³-hybridized carbons (Fsp3) is 0.429. The molecule has 2 N–H and O–H groups in total. The molecular weight excluding hydrogens is 154 g/mol. The minimum atomic E-state index is 0.832. The second-order valence-electron chi connectivity index (χ2n) is 2.62. The molecule has 64 valence electrons. The molecule has 0 aromatic carbocycles. The number of hydrogen-bond acceptors (Lipinski definition) is 4. The smallest absolute Gasteiger partial charge is 0.197 e. The Morgan fingerprint density at radius 3 is 3.17 bits per heavy atom. The summed E-state index contributed by atoms with van der Waals surface area (Å²) in [5.74, 6) is 1.78. The van der Waals surface area contributed by atoms with Gasteiger partial charge in [-0.1, -0.05) is 0 Å². The highest BCUT2D eigenvalue weighted by Crippen LogP contribution is 2.03. The Morgan fingerprint density at radius 1 is 1.67 bits per heavy atom. The molecule has 0 unspecified atom stereocenters. The molecule has 12 heavy (non-hydrogen) atoms. The molecule has 0 fully saturated rings. The molecule has 1 aliphatic rings. The molecule has 0 saturated heterocycles. The van der Waals surface area contributed by atoms with Gasteiger partial charge in [-0.25, -0.2) is 0 Å². The molecule has 0 aliphatic carbocycles. The zero-order chi connectivity index (χ0) is 8.39. The Bertz CT molecular complexity index is 301. The molecule has 0 bridgehead atoms. The highest BCUT2D eigenvalue weighted by Gasteiger charge is 2.05. The topological polar surface area (TPSA) is 54.2 Å². The predicted molar refractivity (Wildman–Crippen MR) is 47.1 cm³/mol. The van der Waals surface area contributed by atoms with Gasteiger partial charge in [-0.05, 0) is 0 Å². The van der Waals surface area contributed by atoms with Crippen LogP contribution < -0.4 is 10.6 Å². The van der Waals surface area contributed by atoms with E-state index >= 15 is 0 Å². The van der Waals surface area contributed by atoms with Crippen molar-refractivity contribution in [3.05, 3.63) is 12.3 Å². The van der Waals surface area contributed by atoms with E-state index in [9.17, 15) is 0 Å². The number of nitrogens with one attached hydrogen (secondary N) is 2. The number of aliphatic imine (C=N–C) groups is 1. The van der Waals surface area contributed by atoms with E-state index in [2.05, 4.69) is 20.7 Å². The van der Waals surface area contributed by atoms with Gasteiger partial charge in [0.2, 0.25) is 0 Å². The van der Waals surface area contributed by atoms with Crippen molar-refractivity contribution < 1.29 is 0 Å². The Balaban J connectivity index is 2.08. The molecule has 1 aromatic heterocycles. The standard InChI is InChI=1S/C7H11N5/c1-12-6(2-3-10-12)11-7-8-4-5-9-7/h2-3H,4-5H2,1H3,(H2,8,9,11). The third-order valence-corrected chi connectivity index (χ3v) is 1.74. The summed E-state index contributed by atoms with van der Waals surface area (Å²) in [6, 6.07) is 1.91. The van der Waals surface area contributed by atoms with Crippen LogP contribution in [0.4, 0.5) is 5.82 Å². The molecular formula is C7H11N5. The molecule has 0 saturated carbocycles. The number of anilines is 1. The van der Waals surface area contributed by atoms with E-state index in [0.717, 1.165) is 24.9 Å². The summed E-state index contributed by atoms with van der Waals surface area (Å²) < 4.78 is 1.77. The lowest BCUT2D eigenvalue weighted by Crippen LogP contribution is -2.27. The maximum atomic E-state index is 4.20. The van der Waals surface area contributed by atoms with E-state index in [4.69, 9.17) is 0 Å². The van der Waals surface area contributed by atoms with Crippen molar-refractivity contribution in [3.63, 3.8) is 0 Å². The molecule has 5 heteroatoms. The summed E-state index contributed by atoms with van der Waals surface area (Å²) >= 11 is 0. The monoisotopic (exact) mass is 165 g/mol. The van der Waals surface area contributed by atoms with Crippen molar-refractivity contribution in [2.75, 3.05) is 18.4 Å². The quantitative estimate of drug-likeness (QED) is 0.605. The van der Waals surface area contributed by atoms with Crippen molar-refractivity contribution in [1.29, 1.82) is 0 Å². The Labute approximate surface area is 70.5 Å². The number of guanidine groups is 1. The van der Waals surface area contributed by atoms with Gasteiger partial charge in [0.25, 0.3) is 0 Å². The van der Waals surface area contributed by atoms with E-state index in [-0.39, 0.29) is 0 Å². The van der Waals surface area contributed by atoms with Crippen molar-refractivity contribution >= 4 is 11.8 Å². The lowest BCUT2D eigenvalue weighted by Gasteiger charge is -2.05. The minimum Gasteiger partial charge on any atom is -0.354 e. The molecule has 0 radical (unpaired) electrons. The van der Waals surface area contributed by atoms with Gasteiger partial charge in [-0.3, -0.25) is 9.67 Å². The maximum Gasteiger partial charge on any atom is 0.197 e. The van der Waals surface area contributed by atoms with Crippen LogP contribution in [0.25, 0.3) is 0 Å². The summed E-state index contributed by atoms with van der Waals surface area (Å²) in [5, 5.41) is 10.3. The van der Waals surface area contributed by atoms with Crippen LogP contribution in [0, 0.1) is 0 Å². The SMILES string of the molecule is Cn1nccc1NC1=NCCN1. The number of hydrogen-bond donors (Lipinski definition) is 2. The van der Waals surface area contributed by atoms with E-state index in [0.29, 0.717) is 0 Å². The zero-order valence-electron chi connectivity index (χ0n) is 6.91. The highest BCUT2D eigenvalue weighted by molar-refractivity contribution is 5.93. The lowest BCUT2D eigenvalue weighted by atomic mass is 10.6. The summed E-state index contributed by atoms with van der Waals surface area (Å²) in [6.07, 6.45) is 1.75. The fourth-order valence-electron chi connectivity index (χ4n) is 1.10. The van der Waals surface area contributed by atoms with E-state index < -0.39 is 0 Å². The molecule has 2 rings (SSSR count). The molecule has 1 aliphatic heterocycles. The summed E-state index contributed by atoms with van der Waals surface area (Å²) in [7, 11) is 1.89. The molecule has 0 spiro atoms. The van der Waals surface area contributed by atoms with Gasteiger partial charge in [0, 0.05) is 19.7 Å². The summed E-state index contributed by atoms with van der Waals surface area (Å²) in [5.41, 5.74) is 0. The number of rotatable bonds is 1. The van der Waals surface area contributed by atoms with Crippen LogP contribution in [0.2, 0.25) is 0 Å². The van der Waals surface area contributed by atoms with Crippen molar-refractivity contribution in [2.24, 2.45) is 12.0 Å². The van der Waals surface area contributed by atoms with Gasteiger partial charge in [-0.2, -0.15) is 5.10 Å². The Kier molecular flexibility index (Phi) is 1.69. The highest BCUT2D eigenvalue weighted by atomic mass is 15.3. The van der Waals surface area contributed by atoms with Crippen molar-refractivity contribution in [3.8, 4) is 0 Å². The lowest BCUT2D eigenvalue weighted by molar-refractivity contribution is 0.777. The van der Waals surface area contributed by atoms with Gasteiger partial charge in [0.1, 0.15) is 5.82 Å². The first-order valence-corrected chi connectivity index (χ1v) is 3.89. The maximum absolute atomic E-state index is 4.20. The van der Waals surface area contributed by atoms with Gasteiger partial charge in [0.15, 0.2) is 5.96 Å². The zero-order valence-corrected chi connectivity index (χ0v) is 6.91. The average molecular weight is 165 g/mol. The molecule has 2 heterocycles. The van der Waals surface area contributed by atoms with Gasteiger partial charge in [0.05, 0.1) is 12.7 Å². The molecule has 5 nitrogen and oxygen atoms in total. The predicted octanol–water partition coefficient (Wildman–Crippen LogP) is -0.209. The number of aromatic nitrogens is 2. The van der Waals surface area contributed by atoms with E-state index in [1.54, 1.807) is 10.9 Å². The molecule has 1 aromatic rings. The van der Waals surface area contributed by atoms with Gasteiger partial charge in [-0.15, -0.1) is 0 Å². The van der Waals surface area contributed by atoms with Crippen LogP contribution in [-0.4, -0.2) is 28.8 Å². The third-order valence-electron chi connectivity index (χ3n) is 1.74. The molecule has 0 atom stereocenters.